The summed E-state index contributed by atoms with van der Waals surface area (Å²) in [7, 11) is -3.62. The second-order valence-electron chi connectivity index (χ2n) is 9.57. The van der Waals surface area contributed by atoms with Crippen molar-refractivity contribution < 1.29 is 4.12 Å². The number of anilines is 2. The first-order valence-corrected chi connectivity index (χ1v) is 17.4. The van der Waals surface area contributed by atoms with E-state index in [0.29, 0.717) is 22.8 Å². The molecule has 13 heteroatoms. The fourth-order valence-corrected chi connectivity index (χ4v) is 13.2. The predicted octanol–water partition coefficient (Wildman–Crippen LogP) is 3.04. The van der Waals surface area contributed by atoms with Crippen molar-refractivity contribution in [1.29, 1.82) is 0 Å². The van der Waals surface area contributed by atoms with E-state index in [4.69, 9.17) is 15.6 Å². The maximum Gasteiger partial charge on any atom is 0.182 e. The van der Waals surface area contributed by atoms with Gasteiger partial charge in [-0.05, 0) is 51.1 Å². The SMILES string of the molecule is C[Si](C)(CCCn1cnc2c(N)ncnc21)O[Si](C)(C)CCCn1cnc2ncnc(N)c21. The first-order valence-electron chi connectivity index (χ1n) is 11.2. The number of hydrogen-bond donors (Lipinski definition) is 2. The Morgan fingerprint density at radius 1 is 0.758 bits per heavy atom. The number of nitrogen functional groups attached to an aromatic ring is 2. The third kappa shape index (κ3) is 5.36. The van der Waals surface area contributed by atoms with Gasteiger partial charge in [-0.2, -0.15) is 0 Å². The van der Waals surface area contributed by atoms with Gasteiger partial charge < -0.3 is 24.7 Å². The van der Waals surface area contributed by atoms with Crippen molar-refractivity contribution in [3.05, 3.63) is 25.3 Å². The van der Waals surface area contributed by atoms with Gasteiger partial charge in [-0.1, -0.05) is 0 Å². The summed E-state index contributed by atoms with van der Waals surface area (Å²) in [6, 6.07) is 2.14. The van der Waals surface area contributed by atoms with E-state index in [-0.39, 0.29) is 0 Å². The van der Waals surface area contributed by atoms with Crippen LogP contribution in [0.5, 0.6) is 0 Å². The zero-order valence-corrected chi connectivity index (χ0v) is 21.7. The topological polar surface area (TPSA) is 148 Å². The van der Waals surface area contributed by atoms with Gasteiger partial charge in [-0.15, -0.1) is 0 Å². The van der Waals surface area contributed by atoms with E-state index in [1.165, 1.54) is 12.7 Å². The molecule has 0 aliphatic heterocycles. The number of hydrogen-bond acceptors (Lipinski definition) is 9. The van der Waals surface area contributed by atoms with Gasteiger partial charge in [0.2, 0.25) is 0 Å². The summed E-state index contributed by atoms with van der Waals surface area (Å²) in [5.41, 5.74) is 14.8. The number of aryl methyl sites for hydroxylation is 2. The highest BCUT2D eigenvalue weighted by Gasteiger charge is 2.32. The molecule has 33 heavy (non-hydrogen) atoms. The Kier molecular flexibility index (Phi) is 6.45. The third-order valence-corrected chi connectivity index (χ3v) is 13.3. The number of imidazole rings is 2. The Morgan fingerprint density at radius 2 is 1.36 bits per heavy atom. The van der Waals surface area contributed by atoms with Crippen molar-refractivity contribution in [2.75, 3.05) is 11.5 Å². The molecule has 0 aromatic carbocycles. The summed E-state index contributed by atoms with van der Waals surface area (Å²) < 4.78 is 10.9. The van der Waals surface area contributed by atoms with Gasteiger partial charge >= 0.3 is 0 Å². The van der Waals surface area contributed by atoms with E-state index in [1.807, 2.05) is 9.13 Å². The molecule has 0 atom stereocenters. The largest absolute Gasteiger partial charge is 0.455 e. The van der Waals surface area contributed by atoms with Crippen LogP contribution in [0.4, 0.5) is 11.6 Å². The average Bonchev–Trinajstić information content (AvgIpc) is 3.33. The number of rotatable bonds is 10. The molecule has 4 aromatic rings. The smallest absolute Gasteiger partial charge is 0.182 e. The van der Waals surface area contributed by atoms with E-state index in [9.17, 15) is 0 Å². The summed E-state index contributed by atoms with van der Waals surface area (Å²) in [5.74, 6) is 0.891. The van der Waals surface area contributed by atoms with Gasteiger partial charge in [0.1, 0.15) is 23.7 Å². The van der Waals surface area contributed by atoms with Gasteiger partial charge in [-0.25, -0.2) is 29.9 Å². The van der Waals surface area contributed by atoms with Crippen LogP contribution >= 0.6 is 0 Å². The molecule has 4 rings (SSSR count). The van der Waals surface area contributed by atoms with Crippen LogP contribution in [0.3, 0.4) is 0 Å². The molecule has 0 radical (unpaired) electrons. The van der Waals surface area contributed by atoms with Crippen LogP contribution in [0, 0.1) is 0 Å². The van der Waals surface area contributed by atoms with Gasteiger partial charge in [0.25, 0.3) is 0 Å². The Balaban J connectivity index is 1.28. The zero-order chi connectivity index (χ0) is 23.6. The van der Waals surface area contributed by atoms with Crippen LogP contribution in [0.2, 0.25) is 38.3 Å². The minimum absolute atomic E-state index is 0.420. The van der Waals surface area contributed by atoms with Crippen LogP contribution in [0.1, 0.15) is 12.8 Å². The lowest BCUT2D eigenvalue weighted by Gasteiger charge is -2.34. The molecule has 4 N–H and O–H groups in total. The molecular weight excluding hydrogens is 452 g/mol. The lowest BCUT2D eigenvalue weighted by molar-refractivity contribution is 0.520. The van der Waals surface area contributed by atoms with Crippen LogP contribution in [0.15, 0.2) is 25.3 Å². The highest BCUT2D eigenvalue weighted by molar-refractivity contribution is 6.84. The second kappa shape index (κ2) is 9.15. The Hall–Kier alpha value is -2.91. The van der Waals surface area contributed by atoms with E-state index in [0.717, 1.165) is 49.2 Å². The lowest BCUT2D eigenvalue weighted by Crippen LogP contribution is -2.44. The van der Waals surface area contributed by atoms with Crippen LogP contribution in [-0.2, 0) is 17.2 Å². The minimum Gasteiger partial charge on any atom is -0.455 e. The molecule has 0 fully saturated rings. The number of nitrogens with zero attached hydrogens (tertiary/aromatic N) is 8. The molecule has 0 amide bonds. The lowest BCUT2D eigenvalue weighted by atomic mass is 10.4. The van der Waals surface area contributed by atoms with Crippen LogP contribution in [-0.4, -0.2) is 55.7 Å². The van der Waals surface area contributed by atoms with Crippen molar-refractivity contribution in [2.45, 2.75) is 64.2 Å². The van der Waals surface area contributed by atoms with Crippen molar-refractivity contribution in [3.8, 4) is 0 Å². The maximum atomic E-state index is 6.81. The fraction of sp³-hybridized carbons (Fsp3) is 0.500. The van der Waals surface area contributed by atoms with Crippen molar-refractivity contribution in [2.24, 2.45) is 0 Å². The molecule has 11 nitrogen and oxygen atoms in total. The number of fused-ring (bicyclic) bond motifs is 2. The van der Waals surface area contributed by atoms with Crippen LogP contribution < -0.4 is 11.5 Å². The molecule has 0 aliphatic rings. The molecular formula is C20H32N10OSi2. The van der Waals surface area contributed by atoms with Crippen molar-refractivity contribution in [3.63, 3.8) is 0 Å². The van der Waals surface area contributed by atoms with Gasteiger partial charge in [0.05, 0.1) is 12.7 Å². The van der Waals surface area contributed by atoms with Gasteiger partial charge in [0.15, 0.2) is 39.6 Å². The molecule has 0 bridgehead atoms. The number of nitrogens with two attached hydrogens (primary N) is 2. The average molecular weight is 485 g/mol. The van der Waals surface area contributed by atoms with Gasteiger partial charge in [-0.3, -0.25) is 0 Å². The van der Waals surface area contributed by atoms with E-state index in [2.05, 4.69) is 56.1 Å². The standard InChI is InChI=1S/C20H32N10OSi2/c1-32(2,9-5-7-29-14-28-19-16(29)18(22)24-11-25-19)31-33(3,4)10-6-8-30-13-27-15-17(21)23-12-26-20(15)30/h11-14H,5-10H2,1-4H3,(H2,21,23,26)(H2,22,24,25). The van der Waals surface area contributed by atoms with E-state index < -0.39 is 16.6 Å². The Bertz CT molecular complexity index is 1250. The van der Waals surface area contributed by atoms with Gasteiger partial charge in [0, 0.05) is 13.1 Å². The molecule has 176 valence electrons. The molecule has 0 aliphatic carbocycles. The Morgan fingerprint density at radius 3 is 2.09 bits per heavy atom. The molecule has 0 spiro atoms. The Labute approximate surface area is 194 Å². The molecule has 0 saturated carbocycles. The summed E-state index contributed by atoms with van der Waals surface area (Å²) in [5, 5.41) is 0. The van der Waals surface area contributed by atoms with Crippen LogP contribution in [0.25, 0.3) is 22.3 Å². The van der Waals surface area contributed by atoms with E-state index in [1.54, 1.807) is 12.7 Å². The maximum absolute atomic E-state index is 6.81. The van der Waals surface area contributed by atoms with Crippen molar-refractivity contribution >= 4 is 50.6 Å². The molecule has 4 aromatic heterocycles. The van der Waals surface area contributed by atoms with Crippen molar-refractivity contribution in [1.82, 2.24) is 39.0 Å². The monoisotopic (exact) mass is 484 g/mol. The highest BCUT2D eigenvalue weighted by Crippen LogP contribution is 2.25. The second-order valence-corrected chi connectivity index (χ2v) is 18.4. The summed E-state index contributed by atoms with van der Waals surface area (Å²) in [6.07, 6.45) is 8.54. The quantitative estimate of drug-likeness (QED) is 0.324. The minimum atomic E-state index is -1.81. The molecule has 0 unspecified atom stereocenters. The third-order valence-electron chi connectivity index (χ3n) is 5.78. The molecule has 4 heterocycles. The first-order chi connectivity index (χ1) is 15.7. The highest BCUT2D eigenvalue weighted by atomic mass is 28.4. The normalized spacial score (nSPS) is 12.7. The molecule has 0 saturated heterocycles. The number of aromatic nitrogens is 8. The summed E-state index contributed by atoms with van der Waals surface area (Å²) in [6.45, 7) is 10.9. The summed E-state index contributed by atoms with van der Waals surface area (Å²) in [4.78, 5) is 25.3. The fourth-order valence-electron chi connectivity index (χ4n) is 4.37. The van der Waals surface area contributed by atoms with E-state index >= 15 is 0 Å². The zero-order valence-electron chi connectivity index (χ0n) is 19.7. The predicted molar refractivity (Wildman–Crippen MR) is 134 cm³/mol. The summed E-state index contributed by atoms with van der Waals surface area (Å²) >= 11 is 0. The first kappa shape index (κ1) is 23.3.